The van der Waals surface area contributed by atoms with E-state index >= 15 is 0 Å². The Morgan fingerprint density at radius 2 is 1.50 bits per heavy atom. The summed E-state index contributed by atoms with van der Waals surface area (Å²) in [6, 6.07) is 7.99. The molecule has 2 N–H and O–H groups in total. The predicted molar refractivity (Wildman–Crippen MR) is 84.4 cm³/mol. The maximum Gasteiger partial charge on any atom is 0.387 e. The van der Waals surface area contributed by atoms with Gasteiger partial charge in [-0.2, -0.15) is 17.6 Å². The zero-order valence-corrected chi connectivity index (χ0v) is 13.4. The molecule has 0 saturated carbocycles. The third-order valence-corrected chi connectivity index (χ3v) is 3.16. The van der Waals surface area contributed by atoms with Gasteiger partial charge in [-0.25, -0.2) is 4.79 Å². The van der Waals surface area contributed by atoms with Crippen LogP contribution in [0.15, 0.2) is 42.5 Å². The standard InChI is InChI=1S/C16H14F4N2O4/c1-24-13-8-10(4-7-12(13)26-15(19)20)22(16(21)23)9-2-5-11(6-3-9)25-14(17)18/h2-8,14-15H,1H3,(H2,21,23). The first kappa shape index (κ1) is 19.2. The highest BCUT2D eigenvalue weighted by atomic mass is 19.3. The zero-order valence-electron chi connectivity index (χ0n) is 13.4. The van der Waals surface area contributed by atoms with Crippen LogP contribution in [0.2, 0.25) is 0 Å². The number of benzene rings is 2. The Morgan fingerprint density at radius 1 is 0.923 bits per heavy atom. The average molecular weight is 374 g/mol. The number of nitrogens with two attached hydrogens (primary N) is 1. The van der Waals surface area contributed by atoms with Gasteiger partial charge in [-0.1, -0.05) is 0 Å². The second-order valence-corrected chi connectivity index (χ2v) is 4.76. The Bertz CT molecular complexity index is 756. The van der Waals surface area contributed by atoms with Crippen LogP contribution >= 0.6 is 0 Å². The van der Waals surface area contributed by atoms with E-state index in [9.17, 15) is 22.4 Å². The lowest BCUT2D eigenvalue weighted by atomic mass is 10.2. The number of methoxy groups -OCH3 is 1. The number of urea groups is 1. The molecular formula is C16H14F4N2O4. The van der Waals surface area contributed by atoms with E-state index in [4.69, 9.17) is 10.5 Å². The lowest BCUT2D eigenvalue weighted by Crippen LogP contribution is -2.31. The van der Waals surface area contributed by atoms with Crippen LogP contribution in [0.3, 0.4) is 0 Å². The van der Waals surface area contributed by atoms with Crippen molar-refractivity contribution >= 4 is 17.4 Å². The van der Waals surface area contributed by atoms with Crippen molar-refractivity contribution in [2.75, 3.05) is 12.0 Å². The van der Waals surface area contributed by atoms with Crippen molar-refractivity contribution < 1.29 is 36.6 Å². The molecule has 0 atom stereocenters. The van der Waals surface area contributed by atoms with Gasteiger partial charge in [-0.3, -0.25) is 4.90 Å². The third kappa shape index (κ3) is 4.68. The number of hydrogen-bond donors (Lipinski definition) is 1. The fraction of sp³-hybridized carbons (Fsp3) is 0.188. The predicted octanol–water partition coefficient (Wildman–Crippen LogP) is 4.11. The van der Waals surface area contributed by atoms with E-state index in [2.05, 4.69) is 9.47 Å². The monoisotopic (exact) mass is 374 g/mol. The maximum atomic E-state index is 12.4. The minimum absolute atomic E-state index is 0.0493. The Labute approximate surface area is 145 Å². The van der Waals surface area contributed by atoms with Gasteiger partial charge in [-0.05, 0) is 36.4 Å². The molecule has 0 bridgehead atoms. The molecule has 2 aromatic rings. The zero-order chi connectivity index (χ0) is 19.3. The molecule has 0 spiro atoms. The summed E-state index contributed by atoms with van der Waals surface area (Å²) in [6.45, 7) is -6.04. The minimum Gasteiger partial charge on any atom is -0.493 e. The molecular weight excluding hydrogens is 360 g/mol. The first-order valence-corrected chi connectivity index (χ1v) is 7.09. The van der Waals surface area contributed by atoms with Crippen molar-refractivity contribution in [1.29, 1.82) is 0 Å². The fourth-order valence-corrected chi connectivity index (χ4v) is 2.17. The van der Waals surface area contributed by atoms with Crippen molar-refractivity contribution in [3.8, 4) is 17.2 Å². The molecule has 0 fully saturated rings. The van der Waals surface area contributed by atoms with Gasteiger partial charge in [-0.15, -0.1) is 0 Å². The van der Waals surface area contributed by atoms with E-state index in [1.165, 1.54) is 49.6 Å². The minimum atomic E-state index is -3.05. The summed E-state index contributed by atoms with van der Waals surface area (Å²) in [7, 11) is 1.24. The van der Waals surface area contributed by atoms with E-state index in [1.807, 2.05) is 0 Å². The largest absolute Gasteiger partial charge is 0.493 e. The van der Waals surface area contributed by atoms with E-state index in [0.29, 0.717) is 0 Å². The Kier molecular flexibility index (Phi) is 6.10. The number of anilines is 2. The highest BCUT2D eigenvalue weighted by molar-refractivity contribution is 5.98. The van der Waals surface area contributed by atoms with E-state index in [-0.39, 0.29) is 28.6 Å². The second kappa shape index (κ2) is 8.28. The molecule has 10 heteroatoms. The Balaban J connectivity index is 2.36. The number of carbonyl (C=O) groups is 1. The number of carbonyl (C=O) groups excluding carboxylic acids is 1. The van der Waals surface area contributed by atoms with Crippen LogP contribution < -0.4 is 24.8 Å². The highest BCUT2D eigenvalue weighted by Gasteiger charge is 2.19. The summed E-state index contributed by atoms with van der Waals surface area (Å²) >= 11 is 0. The second-order valence-electron chi connectivity index (χ2n) is 4.76. The summed E-state index contributed by atoms with van der Waals surface area (Å²) in [5.74, 6) is -0.380. The lowest BCUT2D eigenvalue weighted by molar-refractivity contribution is -0.0514. The van der Waals surface area contributed by atoms with E-state index < -0.39 is 19.3 Å². The van der Waals surface area contributed by atoms with Crippen molar-refractivity contribution in [2.45, 2.75) is 13.2 Å². The Morgan fingerprint density at radius 3 is 2.00 bits per heavy atom. The fourth-order valence-electron chi connectivity index (χ4n) is 2.17. The number of ether oxygens (including phenoxy) is 3. The number of nitrogens with zero attached hydrogens (tertiary/aromatic N) is 1. The molecule has 0 radical (unpaired) electrons. The summed E-state index contributed by atoms with van der Waals surface area (Å²) in [4.78, 5) is 12.9. The quantitative estimate of drug-likeness (QED) is 0.740. The van der Waals surface area contributed by atoms with Gasteiger partial charge < -0.3 is 19.9 Å². The van der Waals surface area contributed by atoms with Crippen LogP contribution in [0.25, 0.3) is 0 Å². The molecule has 0 aromatic heterocycles. The molecule has 0 saturated heterocycles. The molecule has 2 rings (SSSR count). The summed E-state index contributed by atoms with van der Waals surface area (Å²) in [5.41, 5.74) is 5.81. The number of primary amides is 1. The van der Waals surface area contributed by atoms with Gasteiger partial charge in [0.2, 0.25) is 0 Å². The smallest absolute Gasteiger partial charge is 0.387 e. The average Bonchev–Trinajstić information content (AvgIpc) is 2.56. The maximum absolute atomic E-state index is 12.4. The van der Waals surface area contributed by atoms with Crippen LogP contribution in [-0.2, 0) is 0 Å². The molecule has 0 aliphatic carbocycles. The van der Waals surface area contributed by atoms with E-state index in [0.717, 1.165) is 4.90 Å². The third-order valence-electron chi connectivity index (χ3n) is 3.16. The first-order valence-electron chi connectivity index (χ1n) is 7.09. The van der Waals surface area contributed by atoms with Gasteiger partial charge in [0.05, 0.1) is 18.5 Å². The van der Waals surface area contributed by atoms with Crippen LogP contribution in [-0.4, -0.2) is 26.4 Å². The highest BCUT2D eigenvalue weighted by Crippen LogP contribution is 2.35. The van der Waals surface area contributed by atoms with Crippen molar-refractivity contribution in [3.05, 3.63) is 42.5 Å². The van der Waals surface area contributed by atoms with Gasteiger partial charge in [0.1, 0.15) is 5.75 Å². The SMILES string of the molecule is COc1cc(N(C(N)=O)c2ccc(OC(F)F)cc2)ccc1OC(F)F. The molecule has 0 unspecified atom stereocenters. The van der Waals surface area contributed by atoms with Crippen molar-refractivity contribution in [1.82, 2.24) is 0 Å². The number of rotatable bonds is 7. The van der Waals surface area contributed by atoms with Crippen LogP contribution in [0, 0.1) is 0 Å². The Hall–Kier alpha value is -3.17. The normalized spacial score (nSPS) is 10.7. The molecule has 2 amide bonds. The summed E-state index contributed by atoms with van der Waals surface area (Å²) < 4.78 is 62.7. The van der Waals surface area contributed by atoms with Crippen LogP contribution in [0.4, 0.5) is 33.7 Å². The molecule has 140 valence electrons. The molecule has 26 heavy (non-hydrogen) atoms. The summed E-state index contributed by atoms with van der Waals surface area (Å²) in [5, 5.41) is 0. The van der Waals surface area contributed by atoms with Crippen molar-refractivity contribution in [3.63, 3.8) is 0 Å². The van der Waals surface area contributed by atoms with Crippen LogP contribution in [0.5, 0.6) is 17.2 Å². The number of halogens is 4. The van der Waals surface area contributed by atoms with Gasteiger partial charge in [0, 0.05) is 6.07 Å². The number of alkyl halides is 4. The molecule has 0 aliphatic heterocycles. The lowest BCUT2D eigenvalue weighted by Gasteiger charge is -2.22. The molecule has 6 nitrogen and oxygen atoms in total. The topological polar surface area (TPSA) is 74.0 Å². The number of amides is 2. The molecule has 0 aliphatic rings. The van der Waals surface area contributed by atoms with Gasteiger partial charge >= 0.3 is 19.3 Å². The molecule has 0 heterocycles. The van der Waals surface area contributed by atoms with Gasteiger partial charge in [0.25, 0.3) is 0 Å². The van der Waals surface area contributed by atoms with E-state index in [1.54, 1.807) is 0 Å². The van der Waals surface area contributed by atoms with Crippen molar-refractivity contribution in [2.24, 2.45) is 5.73 Å². The van der Waals surface area contributed by atoms with Gasteiger partial charge in [0.15, 0.2) is 11.5 Å². The van der Waals surface area contributed by atoms with Crippen LogP contribution in [0.1, 0.15) is 0 Å². The molecule has 2 aromatic carbocycles. The first-order chi connectivity index (χ1) is 12.3. The summed E-state index contributed by atoms with van der Waals surface area (Å²) in [6.07, 6.45) is 0. The number of hydrogen-bond acceptors (Lipinski definition) is 4.